The second-order valence-electron chi connectivity index (χ2n) is 4.57. The van der Waals surface area contributed by atoms with Crippen LogP contribution >= 0.6 is 11.6 Å². The Hall–Kier alpha value is -0.650. The summed E-state index contributed by atoms with van der Waals surface area (Å²) in [6, 6.07) is 9.80. The Balaban J connectivity index is 1.65. The highest BCUT2D eigenvalue weighted by Crippen LogP contribution is 2.33. The molecular formula is C13H15ClO4. The number of rotatable bonds is 3. The highest BCUT2D eigenvalue weighted by molar-refractivity contribution is 6.21. The molecule has 5 atom stereocenters. The summed E-state index contributed by atoms with van der Waals surface area (Å²) in [7, 11) is 0. The molecule has 0 radical (unpaired) electrons. The van der Waals surface area contributed by atoms with Crippen LogP contribution in [0.2, 0.25) is 0 Å². The molecule has 2 fully saturated rings. The molecule has 2 heterocycles. The van der Waals surface area contributed by atoms with E-state index in [1.165, 1.54) is 0 Å². The van der Waals surface area contributed by atoms with E-state index in [2.05, 4.69) is 0 Å². The van der Waals surface area contributed by atoms with Gasteiger partial charge >= 0.3 is 0 Å². The van der Waals surface area contributed by atoms with Crippen molar-refractivity contribution in [3.63, 3.8) is 0 Å². The molecule has 0 saturated carbocycles. The molecule has 2 aliphatic heterocycles. The summed E-state index contributed by atoms with van der Waals surface area (Å²) >= 11 is 6.06. The van der Waals surface area contributed by atoms with Gasteiger partial charge in [0.05, 0.1) is 13.2 Å². The minimum atomic E-state index is -0.762. The molecule has 0 aromatic heterocycles. The maximum Gasteiger partial charge on any atom is 0.177 e. The summed E-state index contributed by atoms with van der Waals surface area (Å²) in [5.74, 6) is 0. The van der Waals surface area contributed by atoms with Gasteiger partial charge in [0.15, 0.2) is 6.29 Å². The maximum absolute atomic E-state index is 10.1. The lowest BCUT2D eigenvalue weighted by Crippen LogP contribution is -2.52. The van der Waals surface area contributed by atoms with E-state index in [9.17, 15) is 5.11 Å². The van der Waals surface area contributed by atoms with Gasteiger partial charge in [0.1, 0.15) is 23.7 Å². The zero-order chi connectivity index (χ0) is 12.5. The fourth-order valence-electron chi connectivity index (χ4n) is 2.31. The number of benzene rings is 1. The van der Waals surface area contributed by atoms with Crippen molar-refractivity contribution in [2.24, 2.45) is 0 Å². The third-order valence-electron chi connectivity index (χ3n) is 3.31. The van der Waals surface area contributed by atoms with Crippen LogP contribution in [-0.4, -0.2) is 41.7 Å². The Bertz CT molecular complexity index is 399. The molecule has 0 aliphatic carbocycles. The van der Waals surface area contributed by atoms with Crippen LogP contribution in [0.4, 0.5) is 0 Å². The molecule has 98 valence electrons. The Kier molecular flexibility index (Phi) is 3.54. The molecule has 18 heavy (non-hydrogen) atoms. The van der Waals surface area contributed by atoms with E-state index >= 15 is 0 Å². The van der Waals surface area contributed by atoms with Crippen LogP contribution in [0.1, 0.15) is 5.56 Å². The molecule has 1 aromatic carbocycles. The number of halogens is 1. The lowest BCUT2D eigenvalue weighted by atomic mass is 10.0. The predicted octanol–water partition coefficient (Wildman–Crippen LogP) is 1.30. The van der Waals surface area contributed by atoms with Gasteiger partial charge < -0.3 is 19.3 Å². The van der Waals surface area contributed by atoms with E-state index in [0.29, 0.717) is 13.2 Å². The van der Waals surface area contributed by atoms with Crippen molar-refractivity contribution in [2.75, 3.05) is 6.61 Å². The molecule has 1 N–H and O–H groups in total. The molecule has 0 amide bonds. The van der Waals surface area contributed by atoms with Gasteiger partial charge in [-0.1, -0.05) is 30.3 Å². The molecule has 2 saturated heterocycles. The largest absolute Gasteiger partial charge is 0.389 e. The molecule has 2 aliphatic rings. The highest BCUT2D eigenvalue weighted by atomic mass is 35.5. The van der Waals surface area contributed by atoms with Crippen LogP contribution in [0.25, 0.3) is 0 Å². The van der Waals surface area contributed by atoms with Crippen LogP contribution < -0.4 is 0 Å². The topological polar surface area (TPSA) is 47.9 Å². The smallest absolute Gasteiger partial charge is 0.177 e. The second kappa shape index (κ2) is 5.15. The lowest BCUT2D eigenvalue weighted by molar-refractivity contribution is -0.182. The van der Waals surface area contributed by atoms with E-state index in [1.807, 2.05) is 30.3 Å². The summed E-state index contributed by atoms with van der Waals surface area (Å²) in [6.45, 7) is 0.848. The monoisotopic (exact) mass is 270 g/mol. The Morgan fingerprint density at radius 3 is 2.89 bits per heavy atom. The quantitative estimate of drug-likeness (QED) is 0.841. The number of aliphatic hydroxyl groups is 1. The SMILES string of the molecule is O[C@@H]1[C@H](Cl)[C@@H]2OC[C@@H](O2)[C@H]1OCc1ccccc1. The molecule has 0 spiro atoms. The van der Waals surface area contributed by atoms with Crippen molar-refractivity contribution in [2.45, 2.75) is 36.6 Å². The molecule has 5 heteroatoms. The first kappa shape index (κ1) is 12.4. The number of fused-ring (bicyclic) bond motifs is 2. The van der Waals surface area contributed by atoms with Crippen molar-refractivity contribution >= 4 is 11.6 Å². The molecular weight excluding hydrogens is 256 g/mol. The van der Waals surface area contributed by atoms with Crippen molar-refractivity contribution < 1.29 is 19.3 Å². The average molecular weight is 271 g/mol. The van der Waals surface area contributed by atoms with Crippen LogP contribution in [0, 0.1) is 0 Å². The number of hydrogen-bond acceptors (Lipinski definition) is 4. The van der Waals surface area contributed by atoms with Crippen LogP contribution in [-0.2, 0) is 20.8 Å². The van der Waals surface area contributed by atoms with E-state index in [4.69, 9.17) is 25.8 Å². The fraction of sp³-hybridized carbons (Fsp3) is 0.538. The van der Waals surface area contributed by atoms with Crippen LogP contribution in [0.5, 0.6) is 0 Å². The number of hydrogen-bond donors (Lipinski definition) is 1. The van der Waals surface area contributed by atoms with Gasteiger partial charge in [-0.2, -0.15) is 0 Å². The summed E-state index contributed by atoms with van der Waals surface area (Å²) in [5.41, 5.74) is 1.05. The Labute approximate surface area is 110 Å². The van der Waals surface area contributed by atoms with Crippen molar-refractivity contribution in [1.82, 2.24) is 0 Å². The maximum atomic E-state index is 10.1. The van der Waals surface area contributed by atoms with Crippen molar-refractivity contribution in [3.05, 3.63) is 35.9 Å². The second-order valence-corrected chi connectivity index (χ2v) is 5.08. The van der Waals surface area contributed by atoms with Gasteiger partial charge in [-0.05, 0) is 5.56 Å². The van der Waals surface area contributed by atoms with Crippen LogP contribution in [0.15, 0.2) is 30.3 Å². The third-order valence-corrected chi connectivity index (χ3v) is 3.77. The standard InChI is InChI=1S/C13H15ClO4/c14-10-11(15)12(9-7-17-13(10)18-9)16-6-8-4-2-1-3-5-8/h1-5,9-13,15H,6-7H2/t9-,10+,11-,12-,13-/m1/s1. The summed E-state index contributed by atoms with van der Waals surface area (Å²) in [4.78, 5) is 0. The zero-order valence-corrected chi connectivity index (χ0v) is 10.5. The van der Waals surface area contributed by atoms with Gasteiger partial charge in [0, 0.05) is 0 Å². The van der Waals surface area contributed by atoms with Gasteiger partial charge in [0.25, 0.3) is 0 Å². The van der Waals surface area contributed by atoms with Crippen molar-refractivity contribution in [1.29, 1.82) is 0 Å². The minimum absolute atomic E-state index is 0.233. The van der Waals surface area contributed by atoms with Crippen molar-refractivity contribution in [3.8, 4) is 0 Å². The number of alkyl halides is 1. The third kappa shape index (κ3) is 2.27. The Morgan fingerprint density at radius 2 is 2.11 bits per heavy atom. The lowest BCUT2D eigenvalue weighted by Gasteiger charge is -2.35. The van der Waals surface area contributed by atoms with E-state index in [-0.39, 0.29) is 6.10 Å². The molecule has 3 rings (SSSR count). The normalized spacial score (nSPS) is 38.9. The molecule has 1 aromatic rings. The predicted molar refractivity (Wildman–Crippen MR) is 65.3 cm³/mol. The van der Waals surface area contributed by atoms with E-state index < -0.39 is 23.9 Å². The first-order valence-electron chi connectivity index (χ1n) is 6.00. The van der Waals surface area contributed by atoms with Gasteiger partial charge in [-0.3, -0.25) is 0 Å². The number of ether oxygens (including phenoxy) is 3. The molecule has 0 unspecified atom stereocenters. The highest BCUT2D eigenvalue weighted by Gasteiger charge is 2.50. The first-order valence-corrected chi connectivity index (χ1v) is 6.44. The van der Waals surface area contributed by atoms with Gasteiger partial charge in [-0.15, -0.1) is 11.6 Å². The van der Waals surface area contributed by atoms with E-state index in [1.54, 1.807) is 0 Å². The zero-order valence-electron chi connectivity index (χ0n) is 9.74. The fourth-order valence-corrected chi connectivity index (χ4v) is 2.59. The number of aliphatic hydroxyl groups excluding tert-OH is 1. The molecule has 2 bridgehead atoms. The summed E-state index contributed by atoms with van der Waals surface area (Å²) < 4.78 is 16.6. The van der Waals surface area contributed by atoms with E-state index in [0.717, 1.165) is 5.56 Å². The first-order chi connectivity index (χ1) is 8.75. The average Bonchev–Trinajstić information content (AvgIpc) is 2.84. The molecule has 4 nitrogen and oxygen atoms in total. The minimum Gasteiger partial charge on any atom is -0.389 e. The summed E-state index contributed by atoms with van der Waals surface area (Å²) in [5, 5.41) is 9.50. The van der Waals surface area contributed by atoms with Gasteiger partial charge in [-0.25, -0.2) is 0 Å². The van der Waals surface area contributed by atoms with Crippen LogP contribution in [0.3, 0.4) is 0 Å². The van der Waals surface area contributed by atoms with Gasteiger partial charge in [0.2, 0.25) is 0 Å². The Morgan fingerprint density at radius 1 is 1.33 bits per heavy atom. The summed E-state index contributed by atoms with van der Waals surface area (Å²) in [6.07, 6.45) is -1.94.